The second-order valence-corrected chi connectivity index (χ2v) is 11.0. The van der Waals surface area contributed by atoms with Gasteiger partial charge in [-0.05, 0) is 24.4 Å². The Hall–Kier alpha value is -0.720. The lowest BCUT2D eigenvalue weighted by Crippen LogP contribution is -1.98. The molecular weight excluding hydrogens is 470 g/mol. The average molecular weight is 507 g/mol. The van der Waals surface area contributed by atoms with Crippen molar-refractivity contribution in [2.75, 3.05) is 13.3 Å². The van der Waals surface area contributed by atoms with Gasteiger partial charge in [0.25, 0.3) is 0 Å². The topological polar surface area (TPSA) is 90.1 Å². The molecule has 0 aliphatic heterocycles. The van der Waals surface area contributed by atoms with Gasteiger partial charge in [-0.25, -0.2) is 9.97 Å². The van der Waals surface area contributed by atoms with Gasteiger partial charge in [0.15, 0.2) is 10.8 Å². The van der Waals surface area contributed by atoms with Crippen molar-refractivity contribution < 1.29 is 14.0 Å². The van der Waals surface area contributed by atoms with Gasteiger partial charge in [-0.3, -0.25) is 4.57 Å². The smallest absolute Gasteiger partial charge is 0.325 e. The highest BCUT2D eigenvalue weighted by atomic mass is 35.5. The van der Waals surface area contributed by atoms with Crippen LogP contribution in [-0.4, -0.2) is 37.7 Å². The van der Waals surface area contributed by atoms with Crippen molar-refractivity contribution in [3.05, 3.63) is 16.8 Å². The Balaban J connectivity index is 1.36. The van der Waals surface area contributed by atoms with Gasteiger partial charge >= 0.3 is 7.60 Å². The van der Waals surface area contributed by atoms with Gasteiger partial charge in [-0.1, -0.05) is 88.7 Å². The van der Waals surface area contributed by atoms with Gasteiger partial charge in [0, 0.05) is 13.2 Å². The number of rotatable bonds is 18. The zero-order chi connectivity index (χ0) is 23.2. The maximum atomic E-state index is 11.0. The molecule has 182 valence electrons. The van der Waals surface area contributed by atoms with Crippen LogP contribution in [0.5, 0.6) is 0 Å². The van der Waals surface area contributed by atoms with E-state index in [4.69, 9.17) is 32.6 Å². The normalized spacial score (nSPS) is 13.6. The number of unbranched alkanes of at least 4 members (excludes halogenated alkanes) is 13. The quantitative estimate of drug-likeness (QED) is 0.0977. The molecule has 10 heteroatoms. The van der Waals surface area contributed by atoms with E-state index in [9.17, 15) is 4.57 Å². The van der Waals surface area contributed by atoms with E-state index < -0.39 is 7.60 Å². The molecule has 1 atom stereocenters. The summed E-state index contributed by atoms with van der Waals surface area (Å²) in [6.45, 7) is 2.50. The van der Waals surface area contributed by atoms with Crippen molar-refractivity contribution in [3.8, 4) is 0 Å². The molecule has 2 aromatic heterocycles. The predicted molar refractivity (Wildman–Crippen MR) is 132 cm³/mol. The molecule has 0 radical (unpaired) electrons. The first-order chi connectivity index (χ1) is 15.4. The van der Waals surface area contributed by atoms with E-state index in [0.29, 0.717) is 17.4 Å². The van der Waals surface area contributed by atoms with Gasteiger partial charge in [-0.15, -0.1) is 0 Å². The number of aryl methyl sites for hydroxylation is 1. The molecule has 7 nitrogen and oxygen atoms in total. The summed E-state index contributed by atoms with van der Waals surface area (Å²) in [5.41, 5.74) is 1.32. The van der Waals surface area contributed by atoms with Crippen LogP contribution in [0, 0.1) is 0 Å². The van der Waals surface area contributed by atoms with Crippen LogP contribution in [0.15, 0.2) is 6.33 Å². The number of hydrogen-bond donors (Lipinski definition) is 1. The number of imidazole rings is 1. The van der Waals surface area contributed by atoms with E-state index in [1.807, 2.05) is 4.57 Å². The minimum Gasteiger partial charge on any atom is -0.327 e. The molecule has 0 bridgehead atoms. The first-order valence-corrected chi connectivity index (χ1v) is 14.6. The van der Waals surface area contributed by atoms with E-state index in [0.717, 1.165) is 31.3 Å². The summed E-state index contributed by atoms with van der Waals surface area (Å²) in [6.07, 6.45) is 18.9. The van der Waals surface area contributed by atoms with Crippen molar-refractivity contribution in [2.24, 2.45) is 0 Å². The van der Waals surface area contributed by atoms with Crippen LogP contribution in [-0.2, 0) is 15.6 Å². The zero-order valence-corrected chi connectivity index (χ0v) is 21.6. The van der Waals surface area contributed by atoms with Crippen molar-refractivity contribution in [2.45, 2.75) is 96.4 Å². The second kappa shape index (κ2) is 15.2. The van der Waals surface area contributed by atoms with E-state index in [-0.39, 0.29) is 5.28 Å². The van der Waals surface area contributed by atoms with Crippen LogP contribution < -0.4 is 0 Å². The number of halogens is 2. The molecule has 0 aliphatic carbocycles. The summed E-state index contributed by atoms with van der Waals surface area (Å²) >= 11 is 12.0. The molecule has 1 N–H and O–H groups in total. The van der Waals surface area contributed by atoms with Crippen LogP contribution >= 0.6 is 30.8 Å². The number of hydrogen-bond acceptors (Lipinski definition) is 5. The lowest BCUT2D eigenvalue weighted by molar-refractivity contribution is 0.257. The molecule has 2 heterocycles. The Morgan fingerprint density at radius 2 is 1.38 bits per heavy atom. The fourth-order valence-electron chi connectivity index (χ4n) is 3.82. The Kier molecular flexibility index (Phi) is 13.1. The molecule has 0 aromatic carbocycles. The Labute approximate surface area is 201 Å². The third kappa shape index (κ3) is 11.4. The van der Waals surface area contributed by atoms with Gasteiger partial charge in [0.05, 0.1) is 12.9 Å². The lowest BCUT2D eigenvalue weighted by Gasteiger charge is -2.06. The standard InChI is InChI=1S/C22H37Cl2N4O3P/c1-32(29,30)31-17-15-13-11-9-7-5-3-2-4-6-8-10-12-14-16-28-18-25-21-19(28)20(23)26-22(24)27-21/h18H,2-17H2,1H3,(H,29,30). The monoisotopic (exact) mass is 506 g/mol. The average Bonchev–Trinajstić information content (AvgIpc) is 3.12. The highest BCUT2D eigenvalue weighted by molar-refractivity contribution is 7.51. The van der Waals surface area contributed by atoms with Crippen LogP contribution in [0.3, 0.4) is 0 Å². The summed E-state index contributed by atoms with van der Waals surface area (Å²) < 4.78 is 17.9. The Morgan fingerprint density at radius 1 is 0.875 bits per heavy atom. The van der Waals surface area contributed by atoms with Crippen molar-refractivity contribution in [3.63, 3.8) is 0 Å². The predicted octanol–water partition coefficient (Wildman–Crippen LogP) is 7.43. The molecule has 32 heavy (non-hydrogen) atoms. The van der Waals surface area contributed by atoms with Gasteiger partial charge in [0.1, 0.15) is 5.52 Å². The fourth-order valence-corrected chi connectivity index (χ4v) is 4.77. The third-order valence-electron chi connectivity index (χ3n) is 5.53. The minimum atomic E-state index is -3.29. The molecule has 2 aromatic rings. The summed E-state index contributed by atoms with van der Waals surface area (Å²) in [5, 5.41) is 0.489. The van der Waals surface area contributed by atoms with Gasteiger partial charge in [0.2, 0.25) is 5.28 Å². The molecular formula is C22H37Cl2N4O3P. The van der Waals surface area contributed by atoms with E-state index in [1.165, 1.54) is 77.3 Å². The molecule has 0 amide bonds. The van der Waals surface area contributed by atoms with Crippen molar-refractivity contribution in [1.29, 1.82) is 0 Å². The van der Waals surface area contributed by atoms with E-state index in [1.54, 1.807) is 6.33 Å². The van der Waals surface area contributed by atoms with Crippen LogP contribution in [0.4, 0.5) is 0 Å². The highest BCUT2D eigenvalue weighted by Gasteiger charge is 2.11. The van der Waals surface area contributed by atoms with Gasteiger partial charge in [-0.2, -0.15) is 4.98 Å². The third-order valence-corrected chi connectivity index (χ3v) is 6.62. The number of fused-ring (bicyclic) bond motifs is 1. The van der Waals surface area contributed by atoms with Crippen LogP contribution in [0.2, 0.25) is 10.4 Å². The zero-order valence-electron chi connectivity index (χ0n) is 19.1. The summed E-state index contributed by atoms with van der Waals surface area (Å²) in [5.74, 6) is 0. The van der Waals surface area contributed by atoms with Crippen molar-refractivity contribution in [1.82, 2.24) is 19.5 Å². The van der Waals surface area contributed by atoms with Crippen LogP contribution in [0.1, 0.15) is 89.9 Å². The molecule has 0 saturated carbocycles. The van der Waals surface area contributed by atoms with E-state index in [2.05, 4.69) is 15.0 Å². The summed E-state index contributed by atoms with van der Waals surface area (Å²) in [6, 6.07) is 0. The first kappa shape index (κ1) is 27.5. The number of aromatic nitrogens is 4. The van der Waals surface area contributed by atoms with Crippen LogP contribution in [0.25, 0.3) is 11.2 Å². The maximum absolute atomic E-state index is 11.0. The largest absolute Gasteiger partial charge is 0.327 e. The fraction of sp³-hybridized carbons (Fsp3) is 0.773. The molecule has 0 aliphatic rings. The molecule has 0 fully saturated rings. The highest BCUT2D eigenvalue weighted by Crippen LogP contribution is 2.36. The SMILES string of the molecule is CP(=O)(O)OCCCCCCCCCCCCCCCCn1cnc2nc(Cl)nc(Cl)c21. The number of nitrogens with zero attached hydrogens (tertiary/aromatic N) is 4. The lowest BCUT2D eigenvalue weighted by atomic mass is 10.0. The summed E-state index contributed by atoms with van der Waals surface area (Å²) in [4.78, 5) is 21.4. The molecule has 2 rings (SSSR count). The van der Waals surface area contributed by atoms with Gasteiger partial charge < -0.3 is 14.0 Å². The van der Waals surface area contributed by atoms with E-state index >= 15 is 0 Å². The Morgan fingerprint density at radius 3 is 1.91 bits per heavy atom. The second-order valence-electron chi connectivity index (χ2n) is 8.48. The Bertz CT molecular complexity index is 844. The van der Waals surface area contributed by atoms with Crippen molar-refractivity contribution >= 4 is 42.0 Å². The minimum absolute atomic E-state index is 0.129. The summed E-state index contributed by atoms with van der Waals surface area (Å²) in [7, 11) is -3.29. The first-order valence-electron chi connectivity index (χ1n) is 11.9. The molecule has 0 spiro atoms. The maximum Gasteiger partial charge on any atom is 0.325 e. The molecule has 1 unspecified atom stereocenters. The molecule has 0 saturated heterocycles.